The van der Waals surface area contributed by atoms with Crippen LogP contribution in [0, 0.1) is 5.92 Å². The number of rotatable bonds is 5. The van der Waals surface area contributed by atoms with Crippen molar-refractivity contribution in [2.45, 2.75) is 39.2 Å². The van der Waals surface area contributed by atoms with E-state index in [1.165, 1.54) is 0 Å². The average Bonchev–Trinajstić information content (AvgIpc) is 2.19. The van der Waals surface area contributed by atoms with Gasteiger partial charge in [0.2, 0.25) is 0 Å². The Hall–Kier alpha value is -0.960. The Morgan fingerprint density at radius 2 is 2.00 bits per heavy atom. The molecule has 0 aromatic carbocycles. The van der Waals surface area contributed by atoms with E-state index in [0.29, 0.717) is 11.7 Å². The van der Waals surface area contributed by atoms with Crippen LogP contribution in [0.4, 0.5) is 0 Å². The van der Waals surface area contributed by atoms with E-state index in [4.69, 9.17) is 0 Å². The summed E-state index contributed by atoms with van der Waals surface area (Å²) in [5, 5.41) is 9.79. The lowest BCUT2D eigenvalue weighted by molar-refractivity contribution is 0.136. The number of aromatic nitrogens is 2. The van der Waals surface area contributed by atoms with Crippen molar-refractivity contribution in [3.05, 3.63) is 24.3 Å². The SMILES string of the molecule is CCCC(C)CC(O)c1ncccn1. The van der Waals surface area contributed by atoms with Gasteiger partial charge in [-0.05, 0) is 18.4 Å². The Morgan fingerprint density at radius 1 is 1.36 bits per heavy atom. The maximum atomic E-state index is 9.79. The molecule has 0 saturated carbocycles. The summed E-state index contributed by atoms with van der Waals surface area (Å²) in [5.41, 5.74) is 0. The summed E-state index contributed by atoms with van der Waals surface area (Å²) in [5.74, 6) is 1.06. The fourth-order valence-electron chi connectivity index (χ4n) is 1.58. The largest absolute Gasteiger partial charge is 0.385 e. The minimum Gasteiger partial charge on any atom is -0.385 e. The molecule has 0 radical (unpaired) electrons. The predicted octanol–water partition coefficient (Wildman–Crippen LogP) is 2.34. The van der Waals surface area contributed by atoms with Crippen LogP contribution in [0.15, 0.2) is 18.5 Å². The highest BCUT2D eigenvalue weighted by molar-refractivity contribution is 4.92. The monoisotopic (exact) mass is 194 g/mol. The van der Waals surface area contributed by atoms with Gasteiger partial charge in [-0.3, -0.25) is 0 Å². The van der Waals surface area contributed by atoms with Gasteiger partial charge >= 0.3 is 0 Å². The lowest BCUT2D eigenvalue weighted by Gasteiger charge is -2.14. The lowest BCUT2D eigenvalue weighted by atomic mass is 9.98. The molecule has 3 heteroatoms. The maximum Gasteiger partial charge on any atom is 0.156 e. The second kappa shape index (κ2) is 5.70. The van der Waals surface area contributed by atoms with E-state index in [1.54, 1.807) is 18.5 Å². The molecule has 0 bridgehead atoms. The summed E-state index contributed by atoms with van der Waals surface area (Å²) in [4.78, 5) is 8.06. The molecule has 1 N–H and O–H groups in total. The molecule has 0 saturated heterocycles. The normalized spacial score (nSPS) is 15.1. The van der Waals surface area contributed by atoms with Gasteiger partial charge in [-0.15, -0.1) is 0 Å². The first-order valence-corrected chi connectivity index (χ1v) is 5.19. The molecule has 1 aromatic heterocycles. The Kier molecular flexibility index (Phi) is 4.53. The van der Waals surface area contributed by atoms with Gasteiger partial charge in [0, 0.05) is 12.4 Å². The molecule has 0 aliphatic rings. The summed E-state index contributed by atoms with van der Waals surface area (Å²) < 4.78 is 0. The molecule has 0 fully saturated rings. The molecule has 0 aliphatic carbocycles. The number of nitrogens with zero attached hydrogens (tertiary/aromatic N) is 2. The fraction of sp³-hybridized carbons (Fsp3) is 0.636. The van der Waals surface area contributed by atoms with Gasteiger partial charge < -0.3 is 5.11 Å². The third kappa shape index (κ3) is 3.42. The molecule has 1 heterocycles. The molecule has 2 unspecified atom stereocenters. The lowest BCUT2D eigenvalue weighted by Crippen LogP contribution is -2.07. The zero-order chi connectivity index (χ0) is 10.4. The van der Waals surface area contributed by atoms with E-state index in [0.717, 1.165) is 19.3 Å². The first kappa shape index (κ1) is 11.1. The molecule has 1 aromatic rings. The van der Waals surface area contributed by atoms with Crippen LogP contribution in [0.1, 0.15) is 45.0 Å². The van der Waals surface area contributed by atoms with E-state index in [2.05, 4.69) is 23.8 Å². The highest BCUT2D eigenvalue weighted by Gasteiger charge is 2.13. The molecular weight excluding hydrogens is 176 g/mol. The van der Waals surface area contributed by atoms with Crippen LogP contribution in [-0.4, -0.2) is 15.1 Å². The number of aliphatic hydroxyl groups excluding tert-OH is 1. The Balaban J connectivity index is 2.46. The standard InChI is InChI=1S/C11H18N2O/c1-3-5-9(2)8-10(14)11-12-6-4-7-13-11/h4,6-7,9-10,14H,3,5,8H2,1-2H3. The highest BCUT2D eigenvalue weighted by Crippen LogP contribution is 2.20. The van der Waals surface area contributed by atoms with Crippen molar-refractivity contribution in [2.75, 3.05) is 0 Å². The molecule has 2 atom stereocenters. The summed E-state index contributed by atoms with van der Waals surface area (Å²) in [6.45, 7) is 4.30. The number of aliphatic hydroxyl groups is 1. The van der Waals surface area contributed by atoms with Gasteiger partial charge in [-0.1, -0.05) is 26.7 Å². The van der Waals surface area contributed by atoms with Crippen LogP contribution in [0.3, 0.4) is 0 Å². The van der Waals surface area contributed by atoms with Crippen molar-refractivity contribution in [3.63, 3.8) is 0 Å². The van der Waals surface area contributed by atoms with Crippen molar-refractivity contribution < 1.29 is 5.11 Å². The minimum atomic E-state index is -0.516. The highest BCUT2D eigenvalue weighted by atomic mass is 16.3. The Bertz CT molecular complexity index is 251. The van der Waals surface area contributed by atoms with Gasteiger partial charge in [0.05, 0.1) is 0 Å². The molecule has 0 aliphatic heterocycles. The first-order chi connectivity index (χ1) is 6.74. The molecule has 3 nitrogen and oxygen atoms in total. The van der Waals surface area contributed by atoms with Crippen LogP contribution < -0.4 is 0 Å². The summed E-state index contributed by atoms with van der Waals surface area (Å²) in [7, 11) is 0. The zero-order valence-electron chi connectivity index (χ0n) is 8.85. The third-order valence-corrected chi connectivity index (χ3v) is 2.29. The van der Waals surface area contributed by atoms with E-state index < -0.39 is 6.10 Å². The van der Waals surface area contributed by atoms with E-state index in [-0.39, 0.29) is 0 Å². The van der Waals surface area contributed by atoms with Crippen LogP contribution >= 0.6 is 0 Å². The Morgan fingerprint density at radius 3 is 2.57 bits per heavy atom. The van der Waals surface area contributed by atoms with Gasteiger partial charge in [-0.25, -0.2) is 9.97 Å². The van der Waals surface area contributed by atoms with Crippen molar-refractivity contribution in [2.24, 2.45) is 5.92 Å². The van der Waals surface area contributed by atoms with Gasteiger partial charge in [0.15, 0.2) is 5.82 Å². The van der Waals surface area contributed by atoms with E-state index in [1.807, 2.05) is 0 Å². The van der Waals surface area contributed by atoms with Crippen molar-refractivity contribution in [1.29, 1.82) is 0 Å². The van der Waals surface area contributed by atoms with Crippen molar-refractivity contribution in [3.8, 4) is 0 Å². The average molecular weight is 194 g/mol. The topological polar surface area (TPSA) is 46.0 Å². The smallest absolute Gasteiger partial charge is 0.156 e. The molecule has 1 rings (SSSR count). The van der Waals surface area contributed by atoms with E-state index >= 15 is 0 Å². The van der Waals surface area contributed by atoms with Crippen LogP contribution in [0.2, 0.25) is 0 Å². The van der Waals surface area contributed by atoms with Gasteiger partial charge in [0.1, 0.15) is 6.10 Å². The number of hydrogen-bond acceptors (Lipinski definition) is 3. The van der Waals surface area contributed by atoms with Gasteiger partial charge in [0.25, 0.3) is 0 Å². The second-order valence-electron chi connectivity index (χ2n) is 3.75. The van der Waals surface area contributed by atoms with Crippen molar-refractivity contribution in [1.82, 2.24) is 9.97 Å². The summed E-state index contributed by atoms with van der Waals surface area (Å²) in [6.07, 6.45) is 5.86. The van der Waals surface area contributed by atoms with Gasteiger partial charge in [-0.2, -0.15) is 0 Å². The van der Waals surface area contributed by atoms with Crippen LogP contribution in [0.5, 0.6) is 0 Å². The zero-order valence-corrected chi connectivity index (χ0v) is 8.85. The molecule has 0 amide bonds. The maximum absolute atomic E-state index is 9.79. The van der Waals surface area contributed by atoms with Crippen molar-refractivity contribution >= 4 is 0 Å². The first-order valence-electron chi connectivity index (χ1n) is 5.19. The molecule has 78 valence electrons. The summed E-state index contributed by atoms with van der Waals surface area (Å²) in [6, 6.07) is 1.76. The summed E-state index contributed by atoms with van der Waals surface area (Å²) >= 11 is 0. The van der Waals surface area contributed by atoms with Crippen LogP contribution in [0.25, 0.3) is 0 Å². The number of hydrogen-bond donors (Lipinski definition) is 1. The van der Waals surface area contributed by atoms with E-state index in [9.17, 15) is 5.11 Å². The molecule has 0 spiro atoms. The predicted molar refractivity (Wildman–Crippen MR) is 55.7 cm³/mol. The molecule has 14 heavy (non-hydrogen) atoms. The van der Waals surface area contributed by atoms with Crippen LogP contribution in [-0.2, 0) is 0 Å². The molecular formula is C11H18N2O. The second-order valence-corrected chi connectivity index (χ2v) is 3.75. The minimum absolute atomic E-state index is 0.516. The fourth-order valence-corrected chi connectivity index (χ4v) is 1.58. The quantitative estimate of drug-likeness (QED) is 0.782. The Labute approximate surface area is 85.2 Å². The third-order valence-electron chi connectivity index (χ3n) is 2.29.